The second kappa shape index (κ2) is 9.51. The summed E-state index contributed by atoms with van der Waals surface area (Å²) in [4.78, 5) is 56.5. The first-order chi connectivity index (χ1) is 16.7. The van der Waals surface area contributed by atoms with Crippen LogP contribution in [0.3, 0.4) is 0 Å². The number of carbonyl (C=O) groups is 2. The summed E-state index contributed by atoms with van der Waals surface area (Å²) >= 11 is 5.75. The van der Waals surface area contributed by atoms with Gasteiger partial charge in [0, 0.05) is 11.4 Å². The zero-order valence-electron chi connectivity index (χ0n) is 18.5. The SMILES string of the molecule is COC(=O)c1cc(C)nc2c1c(=O)n(CC(=O)Nc1ccc(F)c(Cl)c1)c(=O)n2-c1ccccc1. The van der Waals surface area contributed by atoms with E-state index in [2.05, 4.69) is 10.3 Å². The Morgan fingerprint density at radius 2 is 1.83 bits per heavy atom. The number of hydrogen-bond donors (Lipinski definition) is 1. The third-order valence-electron chi connectivity index (χ3n) is 5.15. The lowest BCUT2D eigenvalue weighted by molar-refractivity contribution is -0.116. The number of nitrogens with zero attached hydrogens (tertiary/aromatic N) is 3. The van der Waals surface area contributed by atoms with Gasteiger partial charge in [-0.25, -0.2) is 28.1 Å². The van der Waals surface area contributed by atoms with Crippen LogP contribution in [0.5, 0.6) is 0 Å². The fraction of sp³-hybridized carbons (Fsp3) is 0.125. The van der Waals surface area contributed by atoms with Crippen molar-refractivity contribution >= 4 is 40.2 Å². The van der Waals surface area contributed by atoms with Crippen LogP contribution in [-0.4, -0.2) is 33.1 Å². The Morgan fingerprint density at radius 1 is 1.11 bits per heavy atom. The van der Waals surface area contributed by atoms with E-state index in [0.717, 1.165) is 17.7 Å². The standard InChI is InChI=1S/C24H18ClFN4O5/c1-13-10-16(23(33)35-2)20-21(27-13)30(15-6-4-3-5-7-15)24(34)29(22(20)32)12-19(31)28-14-8-9-18(26)17(25)11-14/h3-11H,12H2,1-2H3,(H,28,31). The molecule has 2 heterocycles. The van der Waals surface area contributed by atoms with Gasteiger partial charge in [-0.2, -0.15) is 0 Å². The zero-order valence-corrected chi connectivity index (χ0v) is 19.3. The lowest BCUT2D eigenvalue weighted by Crippen LogP contribution is -2.43. The molecule has 0 unspecified atom stereocenters. The van der Waals surface area contributed by atoms with Crippen LogP contribution in [0.4, 0.5) is 10.1 Å². The second-order valence-corrected chi connectivity index (χ2v) is 7.93. The molecule has 2 aromatic carbocycles. The molecule has 4 rings (SSSR count). The molecular formula is C24H18ClFN4O5. The van der Waals surface area contributed by atoms with Gasteiger partial charge in [-0.15, -0.1) is 0 Å². The normalized spacial score (nSPS) is 10.9. The van der Waals surface area contributed by atoms with Crippen LogP contribution < -0.4 is 16.6 Å². The van der Waals surface area contributed by atoms with Gasteiger partial charge in [0.25, 0.3) is 5.56 Å². The Bertz CT molecular complexity index is 1600. The summed E-state index contributed by atoms with van der Waals surface area (Å²) in [6.07, 6.45) is 0. The van der Waals surface area contributed by atoms with Crippen molar-refractivity contribution in [1.29, 1.82) is 0 Å². The Balaban J connectivity index is 1.93. The lowest BCUT2D eigenvalue weighted by atomic mass is 10.1. The van der Waals surface area contributed by atoms with Gasteiger partial charge in [0.15, 0.2) is 5.65 Å². The van der Waals surface area contributed by atoms with Crippen LogP contribution >= 0.6 is 11.6 Å². The summed E-state index contributed by atoms with van der Waals surface area (Å²) in [5, 5.41) is 2.09. The van der Waals surface area contributed by atoms with Gasteiger partial charge in [0.2, 0.25) is 5.91 Å². The van der Waals surface area contributed by atoms with Crippen molar-refractivity contribution in [1.82, 2.24) is 14.1 Å². The summed E-state index contributed by atoms with van der Waals surface area (Å²) in [5.41, 5.74) is -0.947. The molecule has 4 aromatic rings. The average molecular weight is 497 g/mol. The molecular weight excluding hydrogens is 479 g/mol. The van der Waals surface area contributed by atoms with Crippen LogP contribution in [0, 0.1) is 12.7 Å². The molecule has 0 aliphatic rings. The van der Waals surface area contributed by atoms with Crippen molar-refractivity contribution in [3.63, 3.8) is 0 Å². The molecule has 0 saturated carbocycles. The fourth-order valence-electron chi connectivity index (χ4n) is 3.60. The Labute approximate surface area is 202 Å². The molecule has 0 bridgehead atoms. The number of halogens is 2. The highest BCUT2D eigenvalue weighted by Gasteiger charge is 2.23. The smallest absolute Gasteiger partial charge is 0.338 e. The van der Waals surface area contributed by atoms with Crippen LogP contribution in [0.2, 0.25) is 5.02 Å². The molecule has 1 N–H and O–H groups in total. The minimum absolute atomic E-state index is 0.0476. The number of rotatable bonds is 5. The van der Waals surface area contributed by atoms with Gasteiger partial charge in [0.05, 0.1) is 28.8 Å². The quantitative estimate of drug-likeness (QED) is 0.425. The Kier molecular flexibility index (Phi) is 6.48. The maximum absolute atomic E-state index is 13.5. The number of aryl methyl sites for hydroxylation is 1. The van der Waals surface area contributed by atoms with E-state index in [4.69, 9.17) is 16.3 Å². The average Bonchev–Trinajstić information content (AvgIpc) is 2.83. The third-order valence-corrected chi connectivity index (χ3v) is 5.44. The van der Waals surface area contributed by atoms with Crippen LogP contribution in [0.15, 0.2) is 64.2 Å². The van der Waals surface area contributed by atoms with E-state index < -0.39 is 35.5 Å². The van der Waals surface area contributed by atoms with Crippen molar-refractivity contribution in [2.45, 2.75) is 13.5 Å². The molecule has 0 spiro atoms. The minimum atomic E-state index is -0.891. The molecule has 0 atom stereocenters. The summed E-state index contributed by atoms with van der Waals surface area (Å²) in [7, 11) is 1.16. The maximum Gasteiger partial charge on any atom is 0.338 e. The van der Waals surface area contributed by atoms with Gasteiger partial charge in [-0.1, -0.05) is 29.8 Å². The van der Waals surface area contributed by atoms with Gasteiger partial charge >= 0.3 is 11.7 Å². The predicted octanol–water partition coefficient (Wildman–Crippen LogP) is 3.07. The van der Waals surface area contributed by atoms with Gasteiger partial charge in [0.1, 0.15) is 12.4 Å². The number of fused-ring (bicyclic) bond motifs is 1. The Hall–Kier alpha value is -4.31. The van der Waals surface area contributed by atoms with E-state index >= 15 is 0 Å². The van der Waals surface area contributed by atoms with Crippen LogP contribution in [0.1, 0.15) is 16.1 Å². The summed E-state index contributed by atoms with van der Waals surface area (Å²) in [6.45, 7) is 0.919. The topological polar surface area (TPSA) is 112 Å². The Morgan fingerprint density at radius 3 is 2.49 bits per heavy atom. The van der Waals surface area contributed by atoms with E-state index in [1.807, 2.05) is 0 Å². The number of esters is 1. The first kappa shape index (κ1) is 23.8. The predicted molar refractivity (Wildman–Crippen MR) is 128 cm³/mol. The molecule has 35 heavy (non-hydrogen) atoms. The number of benzene rings is 2. The molecule has 2 aromatic heterocycles. The largest absolute Gasteiger partial charge is 0.465 e. The van der Waals surface area contributed by atoms with Crippen LogP contribution in [-0.2, 0) is 16.1 Å². The van der Waals surface area contributed by atoms with Gasteiger partial charge in [-0.05, 0) is 43.3 Å². The number of ether oxygens (including phenoxy) is 1. The number of amides is 1. The molecule has 1 amide bonds. The molecule has 0 fully saturated rings. The van der Waals surface area contributed by atoms with Crippen molar-refractivity contribution < 1.29 is 18.7 Å². The van der Waals surface area contributed by atoms with Crippen molar-refractivity contribution in [3.05, 3.63) is 97.5 Å². The number of anilines is 1. The highest BCUT2D eigenvalue weighted by Crippen LogP contribution is 2.20. The first-order valence-corrected chi connectivity index (χ1v) is 10.6. The number of aromatic nitrogens is 3. The lowest BCUT2D eigenvalue weighted by Gasteiger charge is -2.15. The molecule has 9 nitrogen and oxygen atoms in total. The maximum atomic E-state index is 13.5. The number of para-hydroxylation sites is 1. The van der Waals surface area contributed by atoms with E-state index in [-0.39, 0.29) is 27.3 Å². The fourth-order valence-corrected chi connectivity index (χ4v) is 3.78. The molecule has 0 saturated heterocycles. The molecule has 178 valence electrons. The van der Waals surface area contributed by atoms with Crippen molar-refractivity contribution in [2.75, 3.05) is 12.4 Å². The molecule has 0 aliphatic carbocycles. The van der Waals surface area contributed by atoms with Crippen molar-refractivity contribution in [2.24, 2.45) is 0 Å². The monoisotopic (exact) mass is 496 g/mol. The number of hydrogen-bond acceptors (Lipinski definition) is 6. The van der Waals surface area contributed by atoms with Gasteiger partial charge < -0.3 is 10.1 Å². The summed E-state index contributed by atoms with van der Waals surface area (Å²) in [6, 6.07) is 13.3. The third kappa shape index (κ3) is 4.56. The highest BCUT2D eigenvalue weighted by molar-refractivity contribution is 6.31. The summed E-state index contributed by atoms with van der Waals surface area (Å²) in [5.74, 6) is -2.21. The number of methoxy groups -OCH3 is 1. The second-order valence-electron chi connectivity index (χ2n) is 7.52. The van der Waals surface area contributed by atoms with E-state index in [1.165, 1.54) is 18.2 Å². The van der Waals surface area contributed by atoms with Crippen LogP contribution in [0.25, 0.3) is 16.7 Å². The first-order valence-electron chi connectivity index (χ1n) is 10.3. The minimum Gasteiger partial charge on any atom is -0.465 e. The molecule has 0 aliphatic heterocycles. The zero-order chi connectivity index (χ0) is 25.3. The van der Waals surface area contributed by atoms with Gasteiger partial charge in [-0.3, -0.25) is 9.59 Å². The van der Waals surface area contributed by atoms with E-state index in [1.54, 1.807) is 37.3 Å². The number of pyridine rings is 1. The summed E-state index contributed by atoms with van der Waals surface area (Å²) < 4.78 is 20.1. The number of carbonyl (C=O) groups excluding carboxylic acids is 2. The number of nitrogens with one attached hydrogen (secondary N) is 1. The van der Waals surface area contributed by atoms with Crippen molar-refractivity contribution in [3.8, 4) is 5.69 Å². The van der Waals surface area contributed by atoms with E-state index in [9.17, 15) is 23.6 Å². The molecule has 11 heteroatoms. The molecule has 0 radical (unpaired) electrons. The highest BCUT2D eigenvalue weighted by atomic mass is 35.5. The van der Waals surface area contributed by atoms with E-state index in [0.29, 0.717) is 15.9 Å².